The number of nitrogens with zero attached hydrogens (tertiary/aromatic N) is 1. The third kappa shape index (κ3) is 2.15. The molecule has 3 aliphatic rings. The molecule has 20 heavy (non-hydrogen) atoms. The van der Waals surface area contributed by atoms with Crippen LogP contribution in [-0.4, -0.2) is 41.1 Å². The molecule has 1 spiro atoms. The van der Waals surface area contributed by atoms with E-state index in [1.165, 1.54) is 0 Å². The highest BCUT2D eigenvalue weighted by atomic mass is 16.5. The van der Waals surface area contributed by atoms with Crippen LogP contribution in [0.2, 0.25) is 0 Å². The molecule has 0 radical (unpaired) electrons. The Kier molecular flexibility index (Phi) is 3.37. The van der Waals surface area contributed by atoms with Gasteiger partial charge < -0.3 is 10.1 Å². The van der Waals surface area contributed by atoms with E-state index in [9.17, 15) is 14.4 Å². The summed E-state index contributed by atoms with van der Waals surface area (Å²) < 4.78 is 5.25. The number of carbonyl (C=O) groups is 3. The lowest BCUT2D eigenvalue weighted by atomic mass is 9.82. The monoisotopic (exact) mass is 281 g/mol. The van der Waals surface area contributed by atoms with Gasteiger partial charge in [-0.2, -0.15) is 5.01 Å². The van der Waals surface area contributed by atoms with Crippen LogP contribution in [0, 0.1) is 0 Å². The lowest BCUT2D eigenvalue weighted by Gasteiger charge is -2.30. The first-order valence-corrected chi connectivity index (χ1v) is 7.21. The summed E-state index contributed by atoms with van der Waals surface area (Å²) in [5.74, 6) is -0.757. The molecule has 2 heterocycles. The van der Waals surface area contributed by atoms with Crippen LogP contribution in [0.1, 0.15) is 44.9 Å². The summed E-state index contributed by atoms with van der Waals surface area (Å²) >= 11 is 0. The van der Waals surface area contributed by atoms with E-state index in [0.29, 0.717) is 25.9 Å². The first-order valence-electron chi connectivity index (χ1n) is 7.21. The number of rotatable bonds is 2. The third-order valence-electron chi connectivity index (χ3n) is 4.31. The van der Waals surface area contributed by atoms with Gasteiger partial charge >= 0.3 is 6.03 Å². The molecule has 3 fully saturated rings. The lowest BCUT2D eigenvalue weighted by Crippen LogP contribution is -2.52. The number of carbonyl (C=O) groups excluding carboxylic acids is 3. The predicted octanol–water partition coefficient (Wildman–Crippen LogP) is 0.451. The normalized spacial score (nSPS) is 28.8. The minimum Gasteiger partial charge on any atom is -0.368 e. The van der Waals surface area contributed by atoms with Crippen LogP contribution < -0.4 is 10.7 Å². The molecular formula is C13H19N3O4. The molecule has 2 saturated heterocycles. The second kappa shape index (κ2) is 5.05. The summed E-state index contributed by atoms with van der Waals surface area (Å²) in [6.07, 6.45) is 5.08. The van der Waals surface area contributed by atoms with Gasteiger partial charge in [0.2, 0.25) is 0 Å². The molecule has 2 N–H and O–H groups in total. The zero-order valence-electron chi connectivity index (χ0n) is 11.3. The molecule has 7 nitrogen and oxygen atoms in total. The van der Waals surface area contributed by atoms with Gasteiger partial charge in [0.05, 0.1) is 0 Å². The zero-order chi connectivity index (χ0) is 14.2. The summed E-state index contributed by atoms with van der Waals surface area (Å²) in [6.45, 7) is 0.544. The molecule has 1 aliphatic carbocycles. The third-order valence-corrected chi connectivity index (χ3v) is 4.31. The molecule has 4 amide bonds. The molecule has 0 aromatic carbocycles. The zero-order valence-corrected chi connectivity index (χ0v) is 11.3. The van der Waals surface area contributed by atoms with Crippen molar-refractivity contribution in [3.63, 3.8) is 0 Å². The molecule has 1 saturated carbocycles. The van der Waals surface area contributed by atoms with Crippen molar-refractivity contribution < 1.29 is 19.1 Å². The number of hydrazine groups is 1. The minimum atomic E-state index is -0.806. The number of ether oxygens (including phenoxy) is 1. The van der Waals surface area contributed by atoms with Crippen molar-refractivity contribution in [3.05, 3.63) is 0 Å². The standard InChI is InChI=1S/C13H19N3O4/c17-10(9-5-4-8-20-9)15-16-11(18)13(14-12(16)19)6-2-1-3-7-13/h9H,1-8H2,(H,14,19)(H,15,17). The van der Waals surface area contributed by atoms with Crippen LogP contribution in [0.25, 0.3) is 0 Å². The molecule has 1 atom stereocenters. The Bertz CT molecular complexity index is 439. The Hall–Kier alpha value is -1.63. The van der Waals surface area contributed by atoms with E-state index in [0.717, 1.165) is 30.7 Å². The van der Waals surface area contributed by atoms with Crippen LogP contribution in [0.5, 0.6) is 0 Å². The highest BCUT2D eigenvalue weighted by Crippen LogP contribution is 2.33. The van der Waals surface area contributed by atoms with Gasteiger partial charge in [0.1, 0.15) is 11.6 Å². The van der Waals surface area contributed by atoms with Gasteiger partial charge in [0.15, 0.2) is 0 Å². The Balaban J connectivity index is 1.68. The van der Waals surface area contributed by atoms with Crippen molar-refractivity contribution >= 4 is 17.8 Å². The van der Waals surface area contributed by atoms with Crippen molar-refractivity contribution in [1.82, 2.24) is 15.8 Å². The summed E-state index contributed by atoms with van der Waals surface area (Å²) in [4.78, 5) is 36.3. The van der Waals surface area contributed by atoms with Crippen LogP contribution in [0.3, 0.4) is 0 Å². The molecule has 0 bridgehead atoms. The van der Waals surface area contributed by atoms with Crippen LogP contribution in [0.15, 0.2) is 0 Å². The van der Waals surface area contributed by atoms with Gasteiger partial charge in [-0.1, -0.05) is 19.3 Å². The molecule has 0 aromatic rings. The number of hydrogen-bond donors (Lipinski definition) is 2. The Morgan fingerprint density at radius 3 is 2.65 bits per heavy atom. The van der Waals surface area contributed by atoms with E-state index in [1.54, 1.807) is 0 Å². The molecular weight excluding hydrogens is 262 g/mol. The topological polar surface area (TPSA) is 87.7 Å². The first kappa shape index (κ1) is 13.4. The average molecular weight is 281 g/mol. The van der Waals surface area contributed by atoms with Gasteiger partial charge in [0.25, 0.3) is 11.8 Å². The minimum absolute atomic E-state index is 0.339. The Morgan fingerprint density at radius 1 is 1.25 bits per heavy atom. The highest BCUT2D eigenvalue weighted by molar-refractivity contribution is 6.08. The lowest BCUT2D eigenvalue weighted by molar-refractivity contribution is -0.143. The van der Waals surface area contributed by atoms with E-state index in [2.05, 4.69) is 10.7 Å². The second-order valence-electron chi connectivity index (χ2n) is 5.69. The van der Waals surface area contributed by atoms with Gasteiger partial charge in [-0.25, -0.2) is 4.79 Å². The fourth-order valence-corrected chi connectivity index (χ4v) is 3.18. The van der Waals surface area contributed by atoms with E-state index in [4.69, 9.17) is 4.74 Å². The number of urea groups is 1. The van der Waals surface area contributed by atoms with Gasteiger partial charge in [-0.3, -0.25) is 15.0 Å². The first-order chi connectivity index (χ1) is 9.62. The maximum atomic E-state index is 12.4. The van der Waals surface area contributed by atoms with Gasteiger partial charge in [0, 0.05) is 6.61 Å². The average Bonchev–Trinajstić information content (AvgIpc) is 3.04. The number of imide groups is 1. The molecule has 3 rings (SSSR count). The second-order valence-corrected chi connectivity index (χ2v) is 5.69. The predicted molar refractivity (Wildman–Crippen MR) is 68.3 cm³/mol. The summed E-state index contributed by atoms with van der Waals surface area (Å²) in [5.41, 5.74) is 1.59. The van der Waals surface area contributed by atoms with E-state index in [1.807, 2.05) is 0 Å². The van der Waals surface area contributed by atoms with Gasteiger partial charge in [-0.15, -0.1) is 0 Å². The number of hydrogen-bond acceptors (Lipinski definition) is 4. The molecule has 0 aromatic heterocycles. The fraction of sp³-hybridized carbons (Fsp3) is 0.769. The fourth-order valence-electron chi connectivity index (χ4n) is 3.18. The van der Waals surface area contributed by atoms with Crippen LogP contribution in [-0.2, 0) is 14.3 Å². The van der Waals surface area contributed by atoms with Crippen molar-refractivity contribution in [3.8, 4) is 0 Å². The largest absolute Gasteiger partial charge is 0.368 e. The maximum absolute atomic E-state index is 12.4. The highest BCUT2D eigenvalue weighted by Gasteiger charge is 2.52. The van der Waals surface area contributed by atoms with Crippen LogP contribution in [0.4, 0.5) is 4.79 Å². The van der Waals surface area contributed by atoms with Crippen molar-refractivity contribution in [2.75, 3.05) is 6.61 Å². The van der Waals surface area contributed by atoms with E-state index < -0.39 is 23.6 Å². The summed E-state index contributed by atoms with van der Waals surface area (Å²) in [6, 6.07) is -0.539. The Labute approximate surface area is 117 Å². The quantitative estimate of drug-likeness (QED) is 0.719. The molecule has 2 aliphatic heterocycles. The number of amides is 4. The van der Waals surface area contributed by atoms with Gasteiger partial charge in [-0.05, 0) is 25.7 Å². The smallest absolute Gasteiger partial charge is 0.344 e. The van der Waals surface area contributed by atoms with Crippen LogP contribution >= 0.6 is 0 Å². The van der Waals surface area contributed by atoms with Crippen molar-refractivity contribution in [2.45, 2.75) is 56.6 Å². The summed E-state index contributed by atoms with van der Waals surface area (Å²) in [5, 5.41) is 3.58. The summed E-state index contributed by atoms with van der Waals surface area (Å²) in [7, 11) is 0. The number of nitrogens with one attached hydrogen (secondary N) is 2. The van der Waals surface area contributed by atoms with Crippen molar-refractivity contribution in [1.29, 1.82) is 0 Å². The van der Waals surface area contributed by atoms with E-state index >= 15 is 0 Å². The molecule has 1 unspecified atom stereocenters. The maximum Gasteiger partial charge on any atom is 0.344 e. The van der Waals surface area contributed by atoms with Crippen molar-refractivity contribution in [2.24, 2.45) is 0 Å². The molecule has 110 valence electrons. The molecule has 7 heteroatoms. The SMILES string of the molecule is O=C(NN1C(=O)NC2(CCCCC2)C1=O)C1CCCO1. The Morgan fingerprint density at radius 2 is 2.00 bits per heavy atom. The van der Waals surface area contributed by atoms with E-state index in [-0.39, 0.29) is 5.91 Å².